The molecule has 1 heterocycles. The average Bonchev–Trinajstić information content (AvgIpc) is 2.81. The van der Waals surface area contributed by atoms with Gasteiger partial charge in [0, 0.05) is 16.8 Å². The third kappa shape index (κ3) is 5.79. The van der Waals surface area contributed by atoms with E-state index in [1.807, 2.05) is 0 Å². The summed E-state index contributed by atoms with van der Waals surface area (Å²) >= 11 is 12.3. The quantitative estimate of drug-likeness (QED) is 0.301. The Morgan fingerprint density at radius 2 is 1.51 bits per heavy atom. The third-order valence-corrected chi connectivity index (χ3v) is 5.22. The molecule has 3 N–H and O–H groups in total. The number of hydrogen-bond acceptors (Lipinski definition) is 6. The van der Waals surface area contributed by atoms with Crippen molar-refractivity contribution < 1.29 is 22.7 Å². The van der Waals surface area contributed by atoms with Gasteiger partial charge in [-0.3, -0.25) is 4.79 Å². The molecule has 4 aromatic rings. The molecule has 0 radical (unpaired) electrons. The smallest absolute Gasteiger partial charge is 0.416 e. The number of carbonyl (C=O) groups excluding carboxylic acids is 1. The fraction of sp³-hybridized carbons (Fsp3) is 0.0435. The van der Waals surface area contributed by atoms with Gasteiger partial charge >= 0.3 is 12.2 Å². The minimum absolute atomic E-state index is 0.0138. The van der Waals surface area contributed by atoms with Crippen molar-refractivity contribution >= 4 is 40.7 Å². The summed E-state index contributed by atoms with van der Waals surface area (Å²) in [5, 5.41) is 3.33. The van der Waals surface area contributed by atoms with Crippen LogP contribution in [0.2, 0.25) is 10.0 Å². The Morgan fingerprint density at radius 3 is 2.09 bits per heavy atom. The number of alkyl halides is 3. The summed E-state index contributed by atoms with van der Waals surface area (Å²) in [6.45, 7) is 0. The van der Waals surface area contributed by atoms with Crippen LogP contribution in [0.1, 0.15) is 15.9 Å². The summed E-state index contributed by atoms with van der Waals surface area (Å²) in [5.74, 6) is -0.450. The summed E-state index contributed by atoms with van der Waals surface area (Å²) < 4.78 is 44.6. The topological polar surface area (TPSA) is 103 Å². The van der Waals surface area contributed by atoms with Gasteiger partial charge in [0.25, 0.3) is 0 Å². The van der Waals surface area contributed by atoms with E-state index in [9.17, 15) is 18.0 Å². The molecule has 1 aromatic heterocycles. The average molecular weight is 520 g/mol. The molecular formula is C23H14Cl2F3N5O2. The van der Waals surface area contributed by atoms with Crippen molar-refractivity contribution in [2.45, 2.75) is 6.18 Å². The first-order valence-corrected chi connectivity index (χ1v) is 10.6. The zero-order valence-corrected chi connectivity index (χ0v) is 19.0. The van der Waals surface area contributed by atoms with Crippen LogP contribution in [0.4, 0.5) is 24.8 Å². The maximum atomic E-state index is 13.0. The molecule has 1 amide bonds. The zero-order chi connectivity index (χ0) is 25.2. The molecule has 0 saturated carbocycles. The van der Waals surface area contributed by atoms with E-state index in [-0.39, 0.29) is 39.1 Å². The van der Waals surface area contributed by atoms with Crippen LogP contribution in [-0.4, -0.2) is 20.9 Å². The predicted molar refractivity (Wildman–Crippen MR) is 125 cm³/mol. The number of primary amides is 1. The first kappa shape index (κ1) is 24.2. The van der Waals surface area contributed by atoms with Crippen LogP contribution in [0.3, 0.4) is 0 Å². The number of nitrogens with zero attached hydrogens (tertiary/aromatic N) is 3. The molecule has 0 atom stereocenters. The van der Waals surface area contributed by atoms with Crippen LogP contribution in [0.15, 0.2) is 66.7 Å². The molecular weight excluding hydrogens is 506 g/mol. The minimum Gasteiger partial charge on any atom is -0.421 e. The van der Waals surface area contributed by atoms with Crippen LogP contribution >= 0.6 is 23.2 Å². The molecule has 0 fully saturated rings. The molecule has 178 valence electrons. The summed E-state index contributed by atoms with van der Waals surface area (Å²) in [6.07, 6.45) is -4.49. The number of para-hydroxylation sites is 1. The zero-order valence-electron chi connectivity index (χ0n) is 17.5. The molecule has 35 heavy (non-hydrogen) atoms. The Bertz CT molecular complexity index is 1360. The summed E-state index contributed by atoms with van der Waals surface area (Å²) in [7, 11) is 0. The van der Waals surface area contributed by atoms with Crippen molar-refractivity contribution in [3.8, 4) is 23.1 Å². The van der Waals surface area contributed by atoms with Gasteiger partial charge in [-0.1, -0.05) is 41.4 Å². The lowest BCUT2D eigenvalue weighted by molar-refractivity contribution is -0.137. The van der Waals surface area contributed by atoms with Crippen molar-refractivity contribution in [1.29, 1.82) is 0 Å². The van der Waals surface area contributed by atoms with Gasteiger partial charge in [-0.2, -0.15) is 28.1 Å². The molecule has 4 rings (SSSR count). The van der Waals surface area contributed by atoms with Crippen LogP contribution in [0.5, 0.6) is 11.8 Å². The lowest BCUT2D eigenvalue weighted by Gasteiger charge is -2.12. The predicted octanol–water partition coefficient (Wildman–Crippen LogP) is 6.50. The number of nitrogens with two attached hydrogens (primary N) is 1. The highest BCUT2D eigenvalue weighted by Crippen LogP contribution is 2.36. The molecule has 0 unspecified atom stereocenters. The van der Waals surface area contributed by atoms with Crippen molar-refractivity contribution in [1.82, 2.24) is 15.0 Å². The molecule has 0 aliphatic rings. The SMILES string of the molecule is NC(=O)c1ccc(Nc2nc(Oc3c(Cl)cccc3Cl)nc(-c3ccc(C(F)(F)F)cc3)n2)cc1. The van der Waals surface area contributed by atoms with Crippen molar-refractivity contribution in [3.63, 3.8) is 0 Å². The van der Waals surface area contributed by atoms with Gasteiger partial charge in [-0.05, 0) is 48.5 Å². The number of halogens is 5. The van der Waals surface area contributed by atoms with E-state index in [4.69, 9.17) is 33.7 Å². The maximum Gasteiger partial charge on any atom is 0.416 e. The van der Waals surface area contributed by atoms with E-state index in [0.717, 1.165) is 12.1 Å². The van der Waals surface area contributed by atoms with E-state index in [2.05, 4.69) is 20.3 Å². The number of nitrogens with one attached hydrogen (secondary N) is 1. The highest BCUT2D eigenvalue weighted by molar-refractivity contribution is 6.37. The Kier molecular flexibility index (Phi) is 6.77. The van der Waals surface area contributed by atoms with Gasteiger partial charge in [-0.25, -0.2) is 0 Å². The number of aromatic nitrogens is 3. The largest absolute Gasteiger partial charge is 0.421 e. The van der Waals surface area contributed by atoms with Gasteiger partial charge in [0.1, 0.15) is 0 Å². The highest BCUT2D eigenvalue weighted by Gasteiger charge is 2.30. The van der Waals surface area contributed by atoms with Crippen LogP contribution in [0.25, 0.3) is 11.4 Å². The Morgan fingerprint density at radius 1 is 0.886 bits per heavy atom. The molecule has 7 nitrogen and oxygen atoms in total. The molecule has 0 aliphatic carbocycles. The van der Waals surface area contributed by atoms with E-state index in [1.165, 1.54) is 24.3 Å². The normalized spacial score (nSPS) is 11.2. The van der Waals surface area contributed by atoms with E-state index in [1.54, 1.807) is 30.3 Å². The monoisotopic (exact) mass is 519 g/mol. The van der Waals surface area contributed by atoms with Gasteiger partial charge in [0.05, 0.1) is 15.6 Å². The van der Waals surface area contributed by atoms with E-state index < -0.39 is 17.6 Å². The van der Waals surface area contributed by atoms with Crippen molar-refractivity contribution in [2.24, 2.45) is 5.73 Å². The molecule has 0 bridgehead atoms. The van der Waals surface area contributed by atoms with Gasteiger partial charge in [0.2, 0.25) is 11.9 Å². The standard InChI is InChI=1S/C23H14Cl2F3N5O2/c24-16-2-1-3-17(25)18(16)35-22-32-20(13-4-8-14(9-5-13)23(26,27)28)31-21(33-22)30-15-10-6-12(7-11-15)19(29)34/h1-11H,(H2,29,34)(H,30,31,32,33). The Labute approximate surface area is 206 Å². The Hall–Kier alpha value is -3.89. The van der Waals surface area contributed by atoms with Crippen molar-refractivity contribution in [2.75, 3.05) is 5.32 Å². The molecule has 12 heteroatoms. The number of amides is 1. The van der Waals surface area contributed by atoms with Crippen LogP contribution < -0.4 is 15.8 Å². The number of benzene rings is 3. The third-order valence-electron chi connectivity index (χ3n) is 4.62. The summed E-state index contributed by atoms with van der Waals surface area (Å²) in [6, 6.07) is 15.0. The summed E-state index contributed by atoms with van der Waals surface area (Å²) in [4.78, 5) is 24.0. The van der Waals surface area contributed by atoms with Gasteiger partial charge in [0.15, 0.2) is 11.6 Å². The number of hydrogen-bond donors (Lipinski definition) is 2. The molecule has 0 aliphatic heterocycles. The minimum atomic E-state index is -4.49. The van der Waals surface area contributed by atoms with Crippen LogP contribution in [-0.2, 0) is 6.18 Å². The van der Waals surface area contributed by atoms with Gasteiger partial charge < -0.3 is 15.8 Å². The number of rotatable bonds is 6. The van der Waals surface area contributed by atoms with E-state index in [0.29, 0.717) is 11.3 Å². The first-order chi connectivity index (χ1) is 16.6. The first-order valence-electron chi connectivity index (χ1n) is 9.82. The summed E-state index contributed by atoms with van der Waals surface area (Å²) in [5.41, 5.74) is 5.52. The second kappa shape index (κ2) is 9.77. The highest BCUT2D eigenvalue weighted by atomic mass is 35.5. The number of ether oxygens (including phenoxy) is 1. The second-order valence-corrected chi connectivity index (χ2v) is 7.87. The lowest BCUT2D eigenvalue weighted by Crippen LogP contribution is -2.10. The van der Waals surface area contributed by atoms with E-state index >= 15 is 0 Å². The second-order valence-electron chi connectivity index (χ2n) is 7.06. The van der Waals surface area contributed by atoms with Crippen molar-refractivity contribution in [3.05, 3.63) is 87.9 Å². The molecule has 0 spiro atoms. The molecule has 0 saturated heterocycles. The fourth-order valence-electron chi connectivity index (χ4n) is 2.91. The number of anilines is 2. The van der Waals surface area contributed by atoms with Crippen LogP contribution in [0, 0.1) is 0 Å². The number of carbonyl (C=O) groups is 1. The molecule has 3 aromatic carbocycles. The lowest BCUT2D eigenvalue weighted by atomic mass is 10.1. The fourth-order valence-corrected chi connectivity index (χ4v) is 3.39. The van der Waals surface area contributed by atoms with Gasteiger partial charge in [-0.15, -0.1) is 0 Å². The maximum absolute atomic E-state index is 13.0. The Balaban J connectivity index is 1.73.